The van der Waals surface area contributed by atoms with Gasteiger partial charge in [-0.25, -0.2) is 0 Å². The van der Waals surface area contributed by atoms with E-state index in [1.807, 2.05) is 6.07 Å². The summed E-state index contributed by atoms with van der Waals surface area (Å²) < 4.78 is 5.39. The zero-order chi connectivity index (χ0) is 12.3. The van der Waals surface area contributed by atoms with Gasteiger partial charge in [0, 0.05) is 5.56 Å². The molecule has 0 aliphatic carbocycles. The van der Waals surface area contributed by atoms with E-state index in [4.69, 9.17) is 14.8 Å². The van der Waals surface area contributed by atoms with Crippen molar-refractivity contribution in [1.29, 1.82) is 5.26 Å². The molecule has 1 aromatic heterocycles. The predicted octanol–water partition coefficient (Wildman–Crippen LogP) is 2.45. The summed E-state index contributed by atoms with van der Waals surface area (Å²) in [6.45, 7) is 0. The monoisotopic (exact) mass is 227 g/mol. The Hall–Kier alpha value is -2.54. The molecule has 0 saturated carbocycles. The summed E-state index contributed by atoms with van der Waals surface area (Å²) >= 11 is 0. The second kappa shape index (κ2) is 4.54. The van der Waals surface area contributed by atoms with E-state index in [1.165, 1.54) is 0 Å². The van der Waals surface area contributed by atoms with Gasteiger partial charge < -0.3 is 9.52 Å². The zero-order valence-corrected chi connectivity index (χ0v) is 8.88. The first-order valence-corrected chi connectivity index (χ1v) is 5.00. The Bertz CT molecular complexity index is 575. The topological polar surface area (TPSA) is 74.2 Å². The first kappa shape index (κ1) is 11.0. The van der Waals surface area contributed by atoms with Crippen molar-refractivity contribution < 1.29 is 14.3 Å². The second-order valence-corrected chi connectivity index (χ2v) is 3.53. The summed E-state index contributed by atoms with van der Waals surface area (Å²) in [6, 6.07) is 12.3. The highest BCUT2D eigenvalue weighted by Gasteiger charge is 2.07. The number of hydrogen-bond donors (Lipinski definition) is 1. The van der Waals surface area contributed by atoms with Crippen molar-refractivity contribution >= 4 is 5.97 Å². The molecule has 0 unspecified atom stereocenters. The van der Waals surface area contributed by atoms with Crippen LogP contribution in [-0.4, -0.2) is 11.1 Å². The number of aliphatic carboxylic acids is 1. The maximum atomic E-state index is 10.5. The molecule has 0 radical (unpaired) electrons. The molecule has 1 N–H and O–H groups in total. The average Bonchev–Trinajstić information content (AvgIpc) is 2.77. The van der Waals surface area contributed by atoms with Crippen molar-refractivity contribution in [1.82, 2.24) is 0 Å². The molecule has 4 nitrogen and oxygen atoms in total. The van der Waals surface area contributed by atoms with Crippen LogP contribution in [-0.2, 0) is 11.2 Å². The number of rotatable bonds is 3. The van der Waals surface area contributed by atoms with Gasteiger partial charge in [0.25, 0.3) is 0 Å². The normalized spacial score (nSPS) is 9.82. The van der Waals surface area contributed by atoms with Crippen molar-refractivity contribution in [2.75, 3.05) is 0 Å². The van der Waals surface area contributed by atoms with Crippen molar-refractivity contribution in [3.05, 3.63) is 47.7 Å². The number of furan rings is 1. The molecule has 0 atom stereocenters. The Morgan fingerprint density at radius 2 is 1.94 bits per heavy atom. The van der Waals surface area contributed by atoms with E-state index in [9.17, 15) is 4.79 Å². The summed E-state index contributed by atoms with van der Waals surface area (Å²) in [4.78, 5) is 10.5. The van der Waals surface area contributed by atoms with Crippen LogP contribution in [0.3, 0.4) is 0 Å². The van der Waals surface area contributed by atoms with Crippen LogP contribution in [0, 0.1) is 11.3 Å². The summed E-state index contributed by atoms with van der Waals surface area (Å²) in [6.07, 6.45) is -0.129. The number of benzene rings is 1. The molecule has 84 valence electrons. The van der Waals surface area contributed by atoms with E-state index < -0.39 is 5.97 Å². The molecule has 2 aromatic rings. The highest BCUT2D eigenvalue weighted by atomic mass is 16.4. The molecular formula is C13H9NO3. The molecule has 0 bridgehead atoms. The highest BCUT2D eigenvalue weighted by Crippen LogP contribution is 2.22. The fourth-order valence-electron chi connectivity index (χ4n) is 1.49. The van der Waals surface area contributed by atoms with E-state index in [-0.39, 0.29) is 6.42 Å². The Labute approximate surface area is 97.7 Å². The summed E-state index contributed by atoms with van der Waals surface area (Å²) in [5.41, 5.74) is 1.40. The van der Waals surface area contributed by atoms with Crippen molar-refractivity contribution in [2.24, 2.45) is 0 Å². The number of hydrogen-bond acceptors (Lipinski definition) is 3. The predicted molar refractivity (Wildman–Crippen MR) is 60.2 cm³/mol. The second-order valence-electron chi connectivity index (χ2n) is 3.53. The van der Waals surface area contributed by atoms with Gasteiger partial charge in [0.05, 0.1) is 11.6 Å². The molecule has 0 fully saturated rings. The van der Waals surface area contributed by atoms with Gasteiger partial charge in [0.2, 0.25) is 0 Å². The van der Waals surface area contributed by atoms with E-state index in [0.717, 1.165) is 5.56 Å². The summed E-state index contributed by atoms with van der Waals surface area (Å²) in [5, 5.41) is 17.3. The van der Waals surface area contributed by atoms with E-state index >= 15 is 0 Å². The zero-order valence-electron chi connectivity index (χ0n) is 8.88. The lowest BCUT2D eigenvalue weighted by Gasteiger charge is -1.96. The fourth-order valence-corrected chi connectivity index (χ4v) is 1.49. The highest BCUT2D eigenvalue weighted by molar-refractivity contribution is 5.70. The molecule has 17 heavy (non-hydrogen) atoms. The number of carbonyl (C=O) groups is 1. The molecule has 0 amide bonds. The first-order chi connectivity index (χ1) is 8.19. The molecule has 1 heterocycles. The van der Waals surface area contributed by atoms with Crippen LogP contribution < -0.4 is 0 Å². The van der Waals surface area contributed by atoms with Crippen molar-refractivity contribution in [3.63, 3.8) is 0 Å². The lowest BCUT2D eigenvalue weighted by Crippen LogP contribution is -1.97. The molecule has 0 saturated heterocycles. The number of nitriles is 1. The number of nitrogens with zero attached hydrogens (tertiary/aromatic N) is 1. The van der Waals surface area contributed by atoms with E-state index in [0.29, 0.717) is 17.1 Å². The van der Waals surface area contributed by atoms with Gasteiger partial charge in [0.1, 0.15) is 17.9 Å². The standard InChI is InChI=1S/C13H9NO3/c14-8-9-1-3-10(4-2-9)12-6-5-11(17-12)7-13(15)16/h1-6H,7H2,(H,15,16). The van der Waals surface area contributed by atoms with Crippen LogP contribution in [0.25, 0.3) is 11.3 Å². The minimum absolute atomic E-state index is 0.129. The molecule has 0 aliphatic rings. The van der Waals surface area contributed by atoms with Crippen molar-refractivity contribution in [2.45, 2.75) is 6.42 Å². The van der Waals surface area contributed by atoms with Crippen LogP contribution in [0.2, 0.25) is 0 Å². The van der Waals surface area contributed by atoms with Crippen LogP contribution in [0.5, 0.6) is 0 Å². The van der Waals surface area contributed by atoms with Gasteiger partial charge >= 0.3 is 5.97 Å². The lowest BCUT2D eigenvalue weighted by atomic mass is 10.1. The van der Waals surface area contributed by atoms with E-state index in [1.54, 1.807) is 36.4 Å². The molecule has 0 spiro atoms. The quantitative estimate of drug-likeness (QED) is 0.873. The number of carboxylic acids is 1. The maximum absolute atomic E-state index is 10.5. The Morgan fingerprint density at radius 1 is 1.24 bits per heavy atom. The van der Waals surface area contributed by atoms with Crippen LogP contribution >= 0.6 is 0 Å². The minimum Gasteiger partial charge on any atom is -0.481 e. The smallest absolute Gasteiger partial charge is 0.311 e. The van der Waals surface area contributed by atoms with Gasteiger partial charge in [0.15, 0.2) is 0 Å². The maximum Gasteiger partial charge on any atom is 0.311 e. The summed E-state index contributed by atoms with van der Waals surface area (Å²) in [7, 11) is 0. The molecule has 2 rings (SSSR count). The summed E-state index contributed by atoms with van der Waals surface area (Å²) in [5.74, 6) is 0.0910. The van der Waals surface area contributed by atoms with Crippen molar-refractivity contribution in [3.8, 4) is 17.4 Å². The first-order valence-electron chi connectivity index (χ1n) is 5.00. The van der Waals surface area contributed by atoms with Crippen LogP contribution in [0.1, 0.15) is 11.3 Å². The van der Waals surface area contributed by atoms with Crippen LogP contribution in [0.4, 0.5) is 0 Å². The van der Waals surface area contributed by atoms with Gasteiger partial charge in [-0.05, 0) is 36.4 Å². The lowest BCUT2D eigenvalue weighted by molar-refractivity contribution is -0.136. The van der Waals surface area contributed by atoms with Gasteiger partial charge in [-0.2, -0.15) is 5.26 Å². The van der Waals surface area contributed by atoms with Crippen LogP contribution in [0.15, 0.2) is 40.8 Å². The van der Waals surface area contributed by atoms with E-state index in [2.05, 4.69) is 0 Å². The Balaban J connectivity index is 2.24. The number of carboxylic acid groups (broad SMARTS) is 1. The molecular weight excluding hydrogens is 218 g/mol. The molecule has 4 heteroatoms. The SMILES string of the molecule is N#Cc1ccc(-c2ccc(CC(=O)O)o2)cc1. The largest absolute Gasteiger partial charge is 0.481 e. The third-order valence-corrected chi connectivity index (χ3v) is 2.29. The Morgan fingerprint density at radius 3 is 2.53 bits per heavy atom. The van der Waals surface area contributed by atoms with Gasteiger partial charge in [-0.1, -0.05) is 0 Å². The minimum atomic E-state index is -0.925. The van der Waals surface area contributed by atoms with Gasteiger partial charge in [-0.3, -0.25) is 4.79 Å². The fraction of sp³-hybridized carbons (Fsp3) is 0.0769. The third kappa shape index (κ3) is 2.52. The average molecular weight is 227 g/mol. The van der Waals surface area contributed by atoms with Gasteiger partial charge in [-0.15, -0.1) is 0 Å². The molecule has 0 aliphatic heterocycles. The Kier molecular flexibility index (Phi) is 2.93. The third-order valence-electron chi connectivity index (χ3n) is 2.29. The molecule has 1 aromatic carbocycles.